The number of pyridine rings is 4. The summed E-state index contributed by atoms with van der Waals surface area (Å²) in [5.41, 5.74) is 24.1. The third kappa shape index (κ3) is 16.6. The smallest absolute Gasteiger partial charge is 0.120 e. The first kappa shape index (κ1) is 57.9. The number of nitrogens with zero attached hydrogens (tertiary/aromatic N) is 4. The van der Waals surface area contributed by atoms with Gasteiger partial charge in [0.25, 0.3) is 0 Å². The van der Waals surface area contributed by atoms with Gasteiger partial charge in [0, 0.05) is 109 Å². The van der Waals surface area contributed by atoms with Crippen LogP contribution in [0.1, 0.15) is 134 Å². The van der Waals surface area contributed by atoms with Crippen LogP contribution in [0, 0.1) is 105 Å². The standard InChI is InChI=1S/C33H32NO.C26H20NO.2C20H18N.2Ir/c1-21-18-24(23-14-16-33(3,4)17-15-23)12-13-25(21)29-19-30(34-20-22(29)2)28-10-7-9-27-26-8-5-6-11-31(26)35-32(27)28;1-16-8-4-5-9-19(16)22-14-23(27-15-18(22)3)20-13-12-17(2)25-21-10-6-7-11-24(21)28-26(20)25;2*1-14-8-10-17(11-9-14)20-12-16(3)19(13-21-20)18-7-5-4-6-15(18)2;;/h5-9,11-13,18-20,23H,14-17H2,1-4H3;4-12,14-15H,1-3H3;2*4-10,12-13H,1-3H3;;/q4*-1;;/i2D3,23D;2D3,3D3;2*1D3;;. The van der Waals surface area contributed by atoms with Crippen LogP contribution in [0.4, 0.5) is 0 Å². The van der Waals surface area contributed by atoms with Gasteiger partial charge in [-0.25, -0.2) is 0 Å². The van der Waals surface area contributed by atoms with E-state index in [-0.39, 0.29) is 62.3 Å². The quantitative estimate of drug-likeness (QED) is 0.134. The van der Waals surface area contributed by atoms with Gasteiger partial charge in [-0.05, 0) is 211 Å². The molecule has 1 aliphatic carbocycles. The van der Waals surface area contributed by atoms with Crippen LogP contribution in [0.3, 0.4) is 0 Å². The fourth-order valence-electron chi connectivity index (χ4n) is 13.9. The van der Waals surface area contributed by atoms with Gasteiger partial charge in [0.2, 0.25) is 0 Å². The van der Waals surface area contributed by atoms with Gasteiger partial charge in [-0.3, -0.25) is 0 Å². The van der Waals surface area contributed by atoms with Crippen molar-refractivity contribution in [3.63, 3.8) is 0 Å². The molecule has 17 rings (SSSR count). The zero-order chi connectivity index (χ0) is 86.5. The van der Waals surface area contributed by atoms with E-state index in [1.54, 1.807) is 36.4 Å². The first-order valence-electron chi connectivity index (χ1n) is 43.2. The van der Waals surface area contributed by atoms with E-state index < -0.39 is 40.2 Å². The van der Waals surface area contributed by atoms with Crippen molar-refractivity contribution in [2.75, 3.05) is 0 Å². The summed E-state index contributed by atoms with van der Waals surface area (Å²) in [6, 6.07) is 80.4. The summed E-state index contributed by atoms with van der Waals surface area (Å²) in [6.07, 6.45) is 10.3. The molecule has 0 bridgehead atoms. The second-order valence-electron chi connectivity index (χ2n) is 27.8. The van der Waals surface area contributed by atoms with E-state index in [9.17, 15) is 1.37 Å². The molecule has 1 saturated carbocycles. The Morgan fingerprint density at radius 3 is 1.33 bits per heavy atom. The number of rotatable bonds is 9. The Balaban J connectivity index is 0.000000152. The largest absolute Gasteiger partial charge is 0.501 e. The SMILES string of the molecule is [2H]C([2H])([2H])c1c[c-]c(-c2cc(C)c(-c3ccccc3C)cn2)cc1.[2H]C([2H])([2H])c1c[c-]c(-c2cc(C)c(-c3ccccc3C)cn2)cc1.[2H]C([2H])([2H])c1cnc(-c2[c-]cc(C([2H])([2H])[2H])c3c2oc2ccccc23)cc1-c1ccccc1C.[2H]C([2H])([2H])c1cnc(-c2[c-]ccc3c2oc2ccccc23)cc1-c1ccc(C2([2H])CCC(C)(C)CC2)cc1C.[Ir].[Ir]. The number of hydrogen-bond donors (Lipinski definition) is 0. The number of furan rings is 2. The summed E-state index contributed by atoms with van der Waals surface area (Å²) >= 11 is 0. The number of hydrogen-bond acceptors (Lipinski definition) is 6. The monoisotopic (exact) mass is 1770 g/mol. The normalized spacial score (nSPS) is 15.6. The van der Waals surface area contributed by atoms with Gasteiger partial charge < -0.3 is 28.8 Å². The topological polar surface area (TPSA) is 77.8 Å². The molecule has 538 valence electrons. The van der Waals surface area contributed by atoms with Gasteiger partial charge in [0.1, 0.15) is 11.2 Å². The molecule has 0 N–H and O–H groups in total. The number of fused-ring (bicyclic) bond motifs is 6. The molecule has 16 aromatic rings. The Hall–Kier alpha value is -10.3. The van der Waals surface area contributed by atoms with Crippen LogP contribution >= 0.6 is 0 Å². The Kier molecular flexibility index (Phi) is 18.0. The molecule has 0 aliphatic heterocycles. The number of aromatic nitrogens is 4. The Bertz CT molecular complexity index is 6380. The predicted octanol–water partition coefficient (Wildman–Crippen LogP) is 26.7. The molecule has 0 amide bonds. The maximum absolute atomic E-state index is 9.21. The van der Waals surface area contributed by atoms with Gasteiger partial charge in [0.15, 0.2) is 0 Å². The average molecular weight is 1770 g/mol. The summed E-state index contributed by atoms with van der Waals surface area (Å²) < 4.78 is 139. The molecule has 0 spiro atoms. The van der Waals surface area contributed by atoms with Crippen molar-refractivity contribution in [2.24, 2.45) is 5.41 Å². The third-order valence-corrected chi connectivity index (χ3v) is 19.9. The number of benzene rings is 10. The Labute approximate surface area is 681 Å². The molecule has 2 radical (unpaired) electrons. The van der Waals surface area contributed by atoms with Crippen LogP contribution in [0.15, 0.2) is 252 Å². The van der Waals surface area contributed by atoms with E-state index >= 15 is 0 Å². The fraction of sp³-hybridized carbons (Fsp3) is 0.192. The molecular weight excluding hydrogens is 1660 g/mol. The van der Waals surface area contributed by atoms with Crippen LogP contribution in [0.25, 0.3) is 133 Å². The minimum Gasteiger partial charge on any atom is -0.501 e. The first-order chi connectivity index (χ1) is 57.2. The van der Waals surface area contributed by atoms with Crippen LogP contribution in [-0.4, -0.2) is 19.9 Å². The zero-order valence-electron chi connectivity index (χ0n) is 76.7. The predicted molar refractivity (Wildman–Crippen MR) is 437 cm³/mol. The van der Waals surface area contributed by atoms with E-state index in [4.69, 9.17) is 29.4 Å². The minimum absolute atomic E-state index is 0. The second kappa shape index (κ2) is 33.2. The molecule has 6 heterocycles. The first-order valence-corrected chi connectivity index (χ1v) is 35.2. The average Bonchev–Trinajstić information content (AvgIpc) is 1.58. The fourth-order valence-corrected chi connectivity index (χ4v) is 13.9. The molecule has 107 heavy (non-hydrogen) atoms. The summed E-state index contributed by atoms with van der Waals surface area (Å²) in [7, 11) is 0. The van der Waals surface area contributed by atoms with Crippen LogP contribution in [0.2, 0.25) is 0 Å². The third-order valence-electron chi connectivity index (χ3n) is 19.9. The molecule has 1 fully saturated rings. The number of para-hydroxylation sites is 2. The summed E-state index contributed by atoms with van der Waals surface area (Å²) in [5.74, 6) is -0.610. The van der Waals surface area contributed by atoms with Gasteiger partial charge >= 0.3 is 0 Å². The molecule has 1 aliphatic rings. The van der Waals surface area contributed by atoms with Crippen molar-refractivity contribution >= 4 is 43.9 Å². The van der Waals surface area contributed by atoms with Gasteiger partial charge in [-0.15, -0.1) is 107 Å². The van der Waals surface area contributed by atoms with Crippen molar-refractivity contribution in [2.45, 2.75) is 121 Å². The van der Waals surface area contributed by atoms with Crippen molar-refractivity contribution in [3.05, 3.63) is 334 Å². The molecule has 10 aromatic carbocycles. The maximum Gasteiger partial charge on any atom is 0.120 e. The zero-order valence-corrected chi connectivity index (χ0v) is 65.5. The molecule has 0 unspecified atom stereocenters. The molecule has 6 aromatic heterocycles. The summed E-state index contributed by atoms with van der Waals surface area (Å²) in [5, 5.41) is 3.17. The molecular formula is C99H88Ir2N4O2-4. The molecule has 0 saturated heterocycles. The molecule has 0 atom stereocenters. The second-order valence-corrected chi connectivity index (χ2v) is 27.8. The Morgan fingerprint density at radius 1 is 0.374 bits per heavy atom. The number of aryl methyl sites for hydroxylation is 11. The molecule has 6 nitrogen and oxygen atoms in total. The maximum atomic E-state index is 9.21. The van der Waals surface area contributed by atoms with Gasteiger partial charge in [-0.1, -0.05) is 208 Å². The van der Waals surface area contributed by atoms with Crippen molar-refractivity contribution in [3.8, 4) is 89.5 Å². The van der Waals surface area contributed by atoms with Crippen LogP contribution < -0.4 is 0 Å². The van der Waals surface area contributed by atoms with Gasteiger partial charge in [0.05, 0.1) is 11.2 Å². The van der Waals surface area contributed by atoms with E-state index in [1.807, 2.05) is 160 Å². The van der Waals surface area contributed by atoms with Crippen molar-refractivity contribution in [1.82, 2.24) is 19.9 Å². The van der Waals surface area contributed by atoms with E-state index in [0.29, 0.717) is 72.3 Å². The minimum atomic E-state index is -2.36. The molecule has 8 heteroatoms. The van der Waals surface area contributed by atoms with Crippen LogP contribution in [0.5, 0.6) is 0 Å². The van der Waals surface area contributed by atoms with Gasteiger partial charge in [-0.2, -0.15) is 0 Å². The van der Waals surface area contributed by atoms with Crippen LogP contribution in [-0.2, 0) is 40.2 Å². The summed E-state index contributed by atoms with van der Waals surface area (Å²) in [6.45, 7) is 5.53. The van der Waals surface area contributed by atoms with Crippen molar-refractivity contribution < 1.29 is 71.0 Å². The van der Waals surface area contributed by atoms with Crippen molar-refractivity contribution in [1.29, 1.82) is 0 Å². The Morgan fingerprint density at radius 2 is 0.832 bits per heavy atom. The van der Waals surface area contributed by atoms with E-state index in [1.165, 1.54) is 52.8 Å². The summed E-state index contributed by atoms with van der Waals surface area (Å²) in [4.78, 5) is 18.1. The van der Waals surface area contributed by atoms with E-state index in [2.05, 4.69) is 116 Å². The van der Waals surface area contributed by atoms with E-state index in [0.717, 1.165) is 115 Å².